The quantitative estimate of drug-likeness (QED) is 0.214. The van der Waals surface area contributed by atoms with E-state index in [1.54, 1.807) is 18.2 Å². The second-order valence-electron chi connectivity index (χ2n) is 6.75. The summed E-state index contributed by atoms with van der Waals surface area (Å²) in [5.74, 6) is 2.73. The molecular formula is C22H19BrN4O4. The minimum atomic E-state index is -0.560. The Labute approximate surface area is 186 Å². The first-order chi connectivity index (χ1) is 14.9. The second kappa shape index (κ2) is 9.53. The van der Waals surface area contributed by atoms with Gasteiger partial charge in [0, 0.05) is 22.0 Å². The van der Waals surface area contributed by atoms with Gasteiger partial charge in [-0.2, -0.15) is 9.78 Å². The van der Waals surface area contributed by atoms with Crippen LogP contribution in [0.1, 0.15) is 37.6 Å². The number of hydrogen-bond acceptors (Lipinski definition) is 6. The van der Waals surface area contributed by atoms with Crippen LogP contribution in [0.5, 0.6) is 5.75 Å². The maximum absolute atomic E-state index is 13.2. The zero-order valence-corrected chi connectivity index (χ0v) is 18.5. The summed E-state index contributed by atoms with van der Waals surface area (Å²) in [4.78, 5) is 28.7. The molecule has 158 valence electrons. The molecule has 1 atom stereocenters. The fourth-order valence-electron chi connectivity index (χ4n) is 2.96. The number of fused-ring (bicyclic) bond motifs is 1. The van der Waals surface area contributed by atoms with Gasteiger partial charge in [0.1, 0.15) is 12.4 Å². The van der Waals surface area contributed by atoms with E-state index < -0.39 is 4.92 Å². The van der Waals surface area contributed by atoms with Gasteiger partial charge < -0.3 is 4.74 Å². The molecule has 0 unspecified atom stereocenters. The molecule has 31 heavy (non-hydrogen) atoms. The van der Waals surface area contributed by atoms with Crippen molar-refractivity contribution in [2.24, 2.45) is 5.10 Å². The molecule has 8 nitrogen and oxygen atoms in total. The number of halogens is 1. The molecule has 0 bridgehead atoms. The fourth-order valence-corrected chi connectivity index (χ4v) is 3.32. The van der Waals surface area contributed by atoms with Gasteiger partial charge >= 0.3 is 5.69 Å². The molecule has 0 N–H and O–H groups in total. The minimum Gasteiger partial charge on any atom is -0.473 e. The first-order valence-corrected chi connectivity index (χ1v) is 10.3. The molecule has 0 amide bonds. The summed E-state index contributed by atoms with van der Waals surface area (Å²) < 4.78 is 7.38. The van der Waals surface area contributed by atoms with Crippen LogP contribution >= 0.6 is 15.9 Å². The predicted molar refractivity (Wildman–Crippen MR) is 123 cm³/mol. The van der Waals surface area contributed by atoms with E-state index in [2.05, 4.69) is 31.9 Å². The molecular weight excluding hydrogens is 464 g/mol. The highest BCUT2D eigenvalue weighted by Crippen LogP contribution is 2.30. The summed E-state index contributed by atoms with van der Waals surface area (Å²) in [6.07, 6.45) is 7.33. The molecule has 1 aromatic heterocycles. The maximum Gasteiger partial charge on any atom is 0.311 e. The molecule has 9 heteroatoms. The Morgan fingerprint density at radius 1 is 1.42 bits per heavy atom. The molecule has 0 radical (unpaired) electrons. The van der Waals surface area contributed by atoms with E-state index in [0.29, 0.717) is 22.3 Å². The number of rotatable bonds is 7. The summed E-state index contributed by atoms with van der Waals surface area (Å²) in [5, 5.41) is 16.1. The van der Waals surface area contributed by atoms with Gasteiger partial charge in [-0.05, 0) is 30.7 Å². The van der Waals surface area contributed by atoms with Crippen molar-refractivity contribution >= 4 is 38.7 Å². The molecule has 0 spiro atoms. The van der Waals surface area contributed by atoms with Crippen LogP contribution in [0, 0.1) is 22.5 Å². The normalized spacial score (nSPS) is 12.1. The third-order valence-electron chi connectivity index (χ3n) is 4.72. The van der Waals surface area contributed by atoms with Crippen LogP contribution in [0.4, 0.5) is 5.69 Å². The molecule has 3 rings (SSSR count). The lowest BCUT2D eigenvalue weighted by molar-refractivity contribution is -0.385. The zero-order valence-electron chi connectivity index (χ0n) is 16.9. The Hall–Kier alpha value is -3.51. The average Bonchev–Trinajstić information content (AvgIpc) is 2.76. The number of nitrogens with zero attached hydrogens (tertiary/aromatic N) is 4. The standard InChI is InChI=1S/C22H19BrN4O4/c1-4-11-31-20-15(7-6-8-19(20)27(29)30)13-24-26-21(14(3)5-2)25-18-10-9-16(23)12-17(18)22(26)28/h1,6-10,12-14H,5,11H2,2-3H3/t14-/m0/s1. The van der Waals surface area contributed by atoms with Crippen molar-refractivity contribution in [3.63, 3.8) is 0 Å². The zero-order chi connectivity index (χ0) is 22.5. The van der Waals surface area contributed by atoms with Crippen molar-refractivity contribution < 1.29 is 9.66 Å². The van der Waals surface area contributed by atoms with Crippen LogP contribution in [0.25, 0.3) is 10.9 Å². The third-order valence-corrected chi connectivity index (χ3v) is 5.21. The summed E-state index contributed by atoms with van der Waals surface area (Å²) >= 11 is 3.37. The van der Waals surface area contributed by atoms with Gasteiger partial charge in [-0.15, -0.1) is 6.42 Å². The predicted octanol–water partition coefficient (Wildman–Crippen LogP) is 4.47. The molecule has 0 aliphatic rings. The first kappa shape index (κ1) is 22.2. The molecule has 0 aliphatic heterocycles. The molecule has 0 saturated heterocycles. The number of hydrogen-bond donors (Lipinski definition) is 0. The monoisotopic (exact) mass is 482 g/mol. The van der Waals surface area contributed by atoms with E-state index in [0.717, 1.165) is 10.9 Å². The Kier molecular flexibility index (Phi) is 6.82. The topological polar surface area (TPSA) is 99.6 Å². The average molecular weight is 483 g/mol. The van der Waals surface area contributed by atoms with Crippen molar-refractivity contribution in [3.8, 4) is 18.1 Å². The highest BCUT2D eigenvalue weighted by Gasteiger charge is 2.19. The Bertz CT molecular complexity index is 1280. The molecule has 2 aromatic carbocycles. The summed E-state index contributed by atoms with van der Waals surface area (Å²) in [7, 11) is 0. The lowest BCUT2D eigenvalue weighted by Gasteiger charge is -2.14. The van der Waals surface area contributed by atoms with Crippen molar-refractivity contribution in [2.45, 2.75) is 26.2 Å². The van der Waals surface area contributed by atoms with Gasteiger partial charge in [-0.25, -0.2) is 4.98 Å². The molecule has 0 saturated carbocycles. The SMILES string of the molecule is C#CCOc1c(C=Nn2c([C@@H](C)CC)nc3ccc(Br)cc3c2=O)cccc1[N+](=O)[O-]. The van der Waals surface area contributed by atoms with E-state index in [1.807, 2.05) is 19.9 Å². The highest BCUT2D eigenvalue weighted by molar-refractivity contribution is 9.10. The van der Waals surface area contributed by atoms with Crippen molar-refractivity contribution in [3.05, 3.63) is 72.7 Å². The van der Waals surface area contributed by atoms with Crippen LogP contribution in [0.2, 0.25) is 0 Å². The molecule has 1 heterocycles. The van der Waals surface area contributed by atoms with E-state index in [1.165, 1.54) is 23.0 Å². The lowest BCUT2D eigenvalue weighted by atomic mass is 10.1. The number of nitro groups is 1. The molecule has 0 fully saturated rings. The van der Waals surface area contributed by atoms with E-state index in [9.17, 15) is 14.9 Å². The third kappa shape index (κ3) is 4.64. The van der Waals surface area contributed by atoms with E-state index >= 15 is 0 Å². The summed E-state index contributed by atoms with van der Waals surface area (Å²) in [6, 6.07) is 9.70. The number of nitro benzene ring substituents is 1. The van der Waals surface area contributed by atoms with E-state index in [-0.39, 0.29) is 29.5 Å². The summed E-state index contributed by atoms with van der Waals surface area (Å²) in [6.45, 7) is 3.80. The van der Waals surface area contributed by atoms with Crippen molar-refractivity contribution in [2.75, 3.05) is 6.61 Å². The number of aromatic nitrogens is 2. The van der Waals surface area contributed by atoms with Crippen LogP contribution < -0.4 is 10.3 Å². The number of ether oxygens (including phenoxy) is 1. The Morgan fingerprint density at radius 2 is 2.19 bits per heavy atom. The number of terminal acetylenes is 1. The van der Waals surface area contributed by atoms with Crippen LogP contribution in [0.15, 0.2) is 50.8 Å². The van der Waals surface area contributed by atoms with Crippen LogP contribution in [-0.2, 0) is 0 Å². The smallest absolute Gasteiger partial charge is 0.311 e. The largest absolute Gasteiger partial charge is 0.473 e. The van der Waals surface area contributed by atoms with Gasteiger partial charge in [0.05, 0.1) is 22.0 Å². The second-order valence-corrected chi connectivity index (χ2v) is 7.66. The highest BCUT2D eigenvalue weighted by atomic mass is 79.9. The first-order valence-electron chi connectivity index (χ1n) is 9.47. The number of benzene rings is 2. The summed E-state index contributed by atoms with van der Waals surface area (Å²) in [5.41, 5.74) is 0.313. The van der Waals surface area contributed by atoms with Crippen molar-refractivity contribution in [1.82, 2.24) is 9.66 Å². The fraction of sp³-hybridized carbons (Fsp3) is 0.227. The van der Waals surface area contributed by atoms with Gasteiger partial charge in [0.2, 0.25) is 5.75 Å². The van der Waals surface area contributed by atoms with Crippen LogP contribution in [-0.4, -0.2) is 27.4 Å². The molecule has 0 aliphatic carbocycles. The van der Waals surface area contributed by atoms with Gasteiger partial charge in [-0.3, -0.25) is 14.9 Å². The van der Waals surface area contributed by atoms with Crippen LogP contribution in [0.3, 0.4) is 0 Å². The maximum atomic E-state index is 13.2. The van der Waals surface area contributed by atoms with Gasteiger partial charge in [0.25, 0.3) is 5.56 Å². The van der Waals surface area contributed by atoms with Crippen molar-refractivity contribution in [1.29, 1.82) is 0 Å². The lowest BCUT2D eigenvalue weighted by Crippen LogP contribution is -2.23. The minimum absolute atomic E-state index is 0.0103. The van der Waals surface area contributed by atoms with Gasteiger partial charge in [0.15, 0.2) is 0 Å². The van der Waals surface area contributed by atoms with E-state index in [4.69, 9.17) is 11.2 Å². The Balaban J connectivity index is 2.20. The molecule has 3 aromatic rings. The van der Waals surface area contributed by atoms with Gasteiger partial charge in [-0.1, -0.05) is 41.8 Å². The number of para-hydroxylation sites is 1. The Morgan fingerprint density at radius 3 is 2.87 bits per heavy atom.